The molecule has 0 radical (unpaired) electrons. The lowest BCUT2D eigenvalue weighted by Gasteiger charge is -2.41. The van der Waals surface area contributed by atoms with Crippen LogP contribution in [0.5, 0.6) is 5.75 Å². The fourth-order valence-electron chi connectivity index (χ4n) is 4.55. The molecule has 3 heterocycles. The number of rotatable bonds is 3. The Bertz CT molecular complexity index is 1250. The lowest BCUT2D eigenvalue weighted by atomic mass is 9.96. The number of amides is 1. The molecule has 3 aromatic rings. The van der Waals surface area contributed by atoms with Crippen LogP contribution < -0.4 is 10.9 Å². The van der Waals surface area contributed by atoms with E-state index < -0.39 is 11.2 Å². The summed E-state index contributed by atoms with van der Waals surface area (Å²) < 4.78 is 14.6. The first-order chi connectivity index (χ1) is 16.4. The van der Waals surface area contributed by atoms with Crippen LogP contribution in [0.15, 0.2) is 59.5 Å². The number of benzene rings is 2. The maximum absolute atomic E-state index is 13.2. The van der Waals surface area contributed by atoms with Crippen LogP contribution in [0.25, 0.3) is 0 Å². The number of piperidine rings is 1. The molecule has 1 saturated heterocycles. The molecule has 0 spiro atoms. The SMILES string of the molecule is CCc1cc(F)ccc1Cc1ccccc1C.O=C1c2c(O)c(=O)ccn2NC2CCCCN12. The predicted molar refractivity (Wildman–Crippen MR) is 130 cm³/mol. The molecule has 1 fully saturated rings. The van der Waals surface area contributed by atoms with E-state index in [1.165, 1.54) is 33.6 Å². The van der Waals surface area contributed by atoms with Gasteiger partial charge in [0.1, 0.15) is 12.0 Å². The summed E-state index contributed by atoms with van der Waals surface area (Å²) in [6, 6.07) is 14.7. The summed E-state index contributed by atoms with van der Waals surface area (Å²) in [4.78, 5) is 25.2. The van der Waals surface area contributed by atoms with Crippen molar-refractivity contribution in [2.75, 3.05) is 12.0 Å². The number of aromatic hydroxyl groups is 1. The number of hydrogen-bond acceptors (Lipinski definition) is 4. The van der Waals surface area contributed by atoms with E-state index >= 15 is 0 Å². The van der Waals surface area contributed by atoms with Crippen LogP contribution >= 0.6 is 0 Å². The average Bonchev–Trinajstić information content (AvgIpc) is 2.84. The standard InChI is InChI=1S/C16H17F.C11H13N3O3/c1-3-13-11-16(17)9-8-15(13)10-14-7-5-4-6-12(14)2;15-7-4-6-14-9(10(7)16)11(17)13-5-2-1-3-8(13)12-14/h4-9,11H,3,10H2,1-2H3;4,6,8,12,16H,1-3,5H2. The second-order valence-electron chi connectivity index (χ2n) is 8.76. The highest BCUT2D eigenvalue weighted by atomic mass is 19.1. The lowest BCUT2D eigenvalue weighted by Crippen LogP contribution is -2.55. The highest BCUT2D eigenvalue weighted by Gasteiger charge is 2.35. The van der Waals surface area contributed by atoms with Gasteiger partial charge in [-0.2, -0.15) is 0 Å². The number of carbonyl (C=O) groups is 1. The topological polar surface area (TPSA) is 74.6 Å². The van der Waals surface area contributed by atoms with E-state index in [1.807, 2.05) is 12.1 Å². The Morgan fingerprint density at radius 3 is 2.62 bits per heavy atom. The van der Waals surface area contributed by atoms with Gasteiger partial charge >= 0.3 is 0 Å². The van der Waals surface area contributed by atoms with Crippen LogP contribution in [-0.2, 0) is 12.8 Å². The molecule has 2 aliphatic heterocycles. The highest BCUT2D eigenvalue weighted by Crippen LogP contribution is 2.25. The summed E-state index contributed by atoms with van der Waals surface area (Å²) in [5.74, 6) is -0.895. The monoisotopic (exact) mass is 463 g/mol. The van der Waals surface area contributed by atoms with Crippen molar-refractivity contribution in [2.45, 2.75) is 52.1 Å². The molecule has 1 unspecified atom stereocenters. The molecule has 0 bridgehead atoms. The first-order valence-corrected chi connectivity index (χ1v) is 11.7. The number of nitrogens with zero attached hydrogens (tertiary/aromatic N) is 2. The molecule has 1 aromatic heterocycles. The van der Waals surface area contributed by atoms with Crippen LogP contribution in [0, 0.1) is 12.7 Å². The highest BCUT2D eigenvalue weighted by molar-refractivity contribution is 5.96. The van der Waals surface area contributed by atoms with Crippen molar-refractivity contribution in [1.29, 1.82) is 0 Å². The summed E-state index contributed by atoms with van der Waals surface area (Å²) >= 11 is 0. The van der Waals surface area contributed by atoms with E-state index in [9.17, 15) is 19.1 Å². The largest absolute Gasteiger partial charge is 0.502 e. The predicted octanol–water partition coefficient (Wildman–Crippen LogP) is 4.35. The van der Waals surface area contributed by atoms with Gasteiger partial charge in [-0.15, -0.1) is 0 Å². The number of fused-ring (bicyclic) bond motifs is 2. The van der Waals surface area contributed by atoms with Gasteiger partial charge in [0.2, 0.25) is 5.43 Å². The fourth-order valence-corrected chi connectivity index (χ4v) is 4.55. The number of carbonyl (C=O) groups excluding carboxylic acids is 1. The maximum atomic E-state index is 13.2. The fraction of sp³-hybridized carbons (Fsp3) is 0.333. The van der Waals surface area contributed by atoms with Gasteiger partial charge in [0.25, 0.3) is 5.91 Å². The third-order valence-corrected chi connectivity index (χ3v) is 6.52. The molecule has 6 nitrogen and oxygen atoms in total. The molecule has 2 N–H and O–H groups in total. The Balaban J connectivity index is 0.000000161. The minimum Gasteiger partial charge on any atom is -0.502 e. The zero-order valence-electron chi connectivity index (χ0n) is 19.6. The van der Waals surface area contributed by atoms with Crippen molar-refractivity contribution < 1.29 is 14.3 Å². The van der Waals surface area contributed by atoms with Crippen molar-refractivity contribution in [3.8, 4) is 5.75 Å². The minimum atomic E-state index is -0.526. The molecule has 7 heteroatoms. The van der Waals surface area contributed by atoms with E-state index in [2.05, 4.69) is 37.5 Å². The van der Waals surface area contributed by atoms with E-state index in [4.69, 9.17) is 0 Å². The van der Waals surface area contributed by atoms with E-state index in [0.29, 0.717) is 6.54 Å². The van der Waals surface area contributed by atoms with Crippen molar-refractivity contribution in [3.05, 3.63) is 98.7 Å². The minimum absolute atomic E-state index is 0.0364. The Kier molecular flexibility index (Phi) is 7.01. The molecule has 1 atom stereocenters. The van der Waals surface area contributed by atoms with E-state index in [-0.39, 0.29) is 23.6 Å². The molecule has 0 saturated carbocycles. The number of nitrogens with one attached hydrogen (secondary N) is 1. The lowest BCUT2D eigenvalue weighted by molar-refractivity contribution is 0.0569. The zero-order chi connectivity index (χ0) is 24.2. The van der Waals surface area contributed by atoms with Crippen LogP contribution in [0.2, 0.25) is 0 Å². The average molecular weight is 464 g/mol. The maximum Gasteiger partial charge on any atom is 0.278 e. The van der Waals surface area contributed by atoms with Gasteiger partial charge in [0.15, 0.2) is 11.4 Å². The van der Waals surface area contributed by atoms with Crippen LogP contribution in [0.4, 0.5) is 4.39 Å². The Morgan fingerprint density at radius 1 is 1.06 bits per heavy atom. The quantitative estimate of drug-likeness (QED) is 0.606. The van der Waals surface area contributed by atoms with Crippen LogP contribution in [0.3, 0.4) is 0 Å². The molecular formula is C27H30FN3O3. The number of pyridine rings is 1. The van der Waals surface area contributed by atoms with Crippen molar-refractivity contribution in [2.24, 2.45) is 0 Å². The summed E-state index contributed by atoms with van der Waals surface area (Å²) in [6.07, 6.45) is 6.13. The van der Waals surface area contributed by atoms with Gasteiger partial charge in [-0.1, -0.05) is 37.3 Å². The van der Waals surface area contributed by atoms with Gasteiger partial charge < -0.3 is 15.4 Å². The van der Waals surface area contributed by atoms with Crippen molar-refractivity contribution >= 4 is 5.91 Å². The number of hydrogen-bond donors (Lipinski definition) is 2. The second-order valence-corrected chi connectivity index (χ2v) is 8.76. The first kappa shape index (κ1) is 23.5. The Morgan fingerprint density at radius 2 is 1.85 bits per heavy atom. The van der Waals surface area contributed by atoms with E-state index in [0.717, 1.165) is 37.7 Å². The van der Waals surface area contributed by atoms with E-state index in [1.54, 1.807) is 17.0 Å². The normalized spacial score (nSPS) is 16.6. The number of aromatic nitrogens is 1. The van der Waals surface area contributed by atoms with Crippen LogP contribution in [-0.4, -0.2) is 33.3 Å². The van der Waals surface area contributed by atoms with Gasteiger partial charge in [0, 0.05) is 18.8 Å². The molecule has 34 heavy (non-hydrogen) atoms. The summed E-state index contributed by atoms with van der Waals surface area (Å²) in [5, 5.41) is 9.68. The Hall–Kier alpha value is -3.61. The van der Waals surface area contributed by atoms with Crippen molar-refractivity contribution in [1.82, 2.24) is 9.58 Å². The molecule has 5 rings (SSSR count). The molecule has 2 aliphatic rings. The Labute approximate surface area is 198 Å². The zero-order valence-corrected chi connectivity index (χ0v) is 19.6. The van der Waals surface area contributed by atoms with Crippen molar-refractivity contribution in [3.63, 3.8) is 0 Å². The molecule has 178 valence electrons. The number of aryl methyl sites for hydroxylation is 2. The second kappa shape index (κ2) is 10.1. The first-order valence-electron chi connectivity index (χ1n) is 11.7. The van der Waals surface area contributed by atoms with Gasteiger partial charge in [-0.3, -0.25) is 14.3 Å². The molecule has 1 amide bonds. The van der Waals surface area contributed by atoms with Gasteiger partial charge in [0.05, 0.1) is 0 Å². The third-order valence-electron chi connectivity index (χ3n) is 6.52. The van der Waals surface area contributed by atoms with Crippen LogP contribution in [0.1, 0.15) is 58.9 Å². The molecule has 0 aliphatic carbocycles. The summed E-state index contributed by atoms with van der Waals surface area (Å²) in [6.45, 7) is 4.85. The smallest absolute Gasteiger partial charge is 0.278 e. The number of halogens is 1. The van der Waals surface area contributed by atoms with Gasteiger partial charge in [-0.05, 0) is 73.4 Å². The molecular weight excluding hydrogens is 433 g/mol. The summed E-state index contributed by atoms with van der Waals surface area (Å²) in [7, 11) is 0. The third kappa shape index (κ3) is 4.83. The summed E-state index contributed by atoms with van der Waals surface area (Å²) in [5.41, 5.74) is 7.57. The van der Waals surface area contributed by atoms with Gasteiger partial charge in [-0.25, -0.2) is 4.39 Å². The molecule has 2 aromatic carbocycles.